The number of imidazole rings is 1. The molecule has 2 N–H and O–H groups in total. The lowest BCUT2D eigenvalue weighted by Crippen LogP contribution is -2.45. The lowest BCUT2D eigenvalue weighted by Gasteiger charge is -2.20. The molecular weight excluding hydrogens is 414 g/mol. The summed E-state index contributed by atoms with van der Waals surface area (Å²) in [7, 11) is -3.78. The molecule has 3 aromatic rings. The number of nitrogens with zero attached hydrogens (tertiary/aromatic N) is 1. The summed E-state index contributed by atoms with van der Waals surface area (Å²) in [6.45, 7) is 3.95. The number of hydrogen-bond donors (Lipinski definition) is 2. The highest BCUT2D eigenvalue weighted by Gasteiger charge is 2.30. The van der Waals surface area contributed by atoms with Gasteiger partial charge < -0.3 is 9.72 Å². The van der Waals surface area contributed by atoms with Crippen LogP contribution in [0.4, 0.5) is 0 Å². The fourth-order valence-corrected chi connectivity index (χ4v) is 5.25. The summed E-state index contributed by atoms with van der Waals surface area (Å²) < 4.78 is 34.3. The predicted molar refractivity (Wildman–Crippen MR) is 111 cm³/mol. The van der Waals surface area contributed by atoms with E-state index in [0.717, 1.165) is 22.4 Å². The molecule has 0 aliphatic heterocycles. The first-order chi connectivity index (χ1) is 13.8. The van der Waals surface area contributed by atoms with Crippen molar-refractivity contribution in [2.75, 3.05) is 6.61 Å². The molecular formula is C19H23N3O5S2. The summed E-state index contributed by atoms with van der Waals surface area (Å²) in [6, 6.07) is 9.47. The van der Waals surface area contributed by atoms with Crippen molar-refractivity contribution < 1.29 is 17.9 Å². The third-order valence-electron chi connectivity index (χ3n) is 4.41. The van der Waals surface area contributed by atoms with Gasteiger partial charge in [-0.2, -0.15) is 4.72 Å². The van der Waals surface area contributed by atoms with Crippen LogP contribution >= 0.6 is 11.3 Å². The van der Waals surface area contributed by atoms with Gasteiger partial charge in [-0.15, -0.1) is 11.3 Å². The Bertz CT molecular complexity index is 1130. The number of carbonyl (C=O) groups excluding carboxylic acids is 1. The highest BCUT2D eigenvalue weighted by atomic mass is 32.2. The topological polar surface area (TPSA) is 110 Å². The van der Waals surface area contributed by atoms with E-state index in [9.17, 15) is 18.0 Å². The Morgan fingerprint density at radius 1 is 1.24 bits per heavy atom. The van der Waals surface area contributed by atoms with Crippen LogP contribution in [0.25, 0.3) is 11.0 Å². The summed E-state index contributed by atoms with van der Waals surface area (Å²) in [6.07, 6.45) is 0.427. The molecule has 0 saturated heterocycles. The van der Waals surface area contributed by atoms with E-state index in [-0.39, 0.29) is 22.4 Å². The molecule has 0 unspecified atom stereocenters. The van der Waals surface area contributed by atoms with Crippen molar-refractivity contribution in [2.24, 2.45) is 5.92 Å². The van der Waals surface area contributed by atoms with Crippen molar-refractivity contribution in [3.05, 3.63) is 52.3 Å². The number of aromatic amines is 1. The van der Waals surface area contributed by atoms with E-state index < -0.39 is 22.0 Å². The Kier molecular flexibility index (Phi) is 6.56. The SMILES string of the molecule is CC(C)[C@H](NS(=O)(=O)c1cccs1)C(=O)OCCCn1c(=O)[nH]c2ccccc21. The molecule has 0 radical (unpaired) electrons. The number of carbonyl (C=O) groups is 1. The number of thiophene rings is 1. The van der Waals surface area contributed by atoms with Gasteiger partial charge in [-0.25, -0.2) is 13.2 Å². The van der Waals surface area contributed by atoms with Gasteiger partial charge in [0.25, 0.3) is 10.0 Å². The average Bonchev–Trinajstić information content (AvgIpc) is 3.31. The Morgan fingerprint density at radius 2 is 2.00 bits per heavy atom. The first kappa shape index (κ1) is 21.3. The number of benzene rings is 1. The number of aromatic nitrogens is 2. The number of aryl methyl sites for hydroxylation is 1. The quantitative estimate of drug-likeness (QED) is 0.394. The molecule has 0 bridgehead atoms. The second kappa shape index (κ2) is 8.93. The summed E-state index contributed by atoms with van der Waals surface area (Å²) in [5, 5.41) is 1.66. The second-order valence-corrected chi connectivity index (χ2v) is 9.78. The Labute approximate surface area is 172 Å². The van der Waals surface area contributed by atoms with Gasteiger partial charge in [-0.1, -0.05) is 32.0 Å². The van der Waals surface area contributed by atoms with Crippen LogP contribution in [0.1, 0.15) is 20.3 Å². The highest BCUT2D eigenvalue weighted by Crippen LogP contribution is 2.18. The number of fused-ring (bicyclic) bond motifs is 1. The standard InChI is InChI=1S/C19H23N3O5S2/c1-13(2)17(21-29(25,26)16-9-5-12-28-16)18(23)27-11-6-10-22-15-8-4-3-7-14(15)20-19(22)24/h3-5,7-9,12-13,17,21H,6,10-11H2,1-2H3,(H,20,24)/t17-/m0/s1. The molecule has 2 aromatic heterocycles. The van der Waals surface area contributed by atoms with Crippen LogP contribution in [0.3, 0.4) is 0 Å². The summed E-state index contributed by atoms with van der Waals surface area (Å²) in [5.41, 5.74) is 1.31. The minimum atomic E-state index is -3.78. The first-order valence-corrected chi connectivity index (χ1v) is 11.6. The zero-order valence-electron chi connectivity index (χ0n) is 16.1. The molecule has 1 atom stereocenters. The second-order valence-electron chi connectivity index (χ2n) is 6.90. The van der Waals surface area contributed by atoms with Gasteiger partial charge in [0.2, 0.25) is 0 Å². The van der Waals surface area contributed by atoms with Crippen LogP contribution in [-0.2, 0) is 26.1 Å². The van der Waals surface area contributed by atoms with Crippen LogP contribution in [0.15, 0.2) is 50.8 Å². The normalized spacial score (nSPS) is 13.1. The van der Waals surface area contributed by atoms with Crippen molar-refractivity contribution in [3.63, 3.8) is 0 Å². The Balaban J connectivity index is 1.58. The molecule has 8 nitrogen and oxygen atoms in total. The fraction of sp³-hybridized carbons (Fsp3) is 0.368. The predicted octanol–water partition coefficient (Wildman–Crippen LogP) is 2.33. The molecule has 3 rings (SSSR count). The van der Waals surface area contributed by atoms with Crippen LogP contribution < -0.4 is 10.4 Å². The third-order valence-corrected chi connectivity index (χ3v) is 7.25. The largest absolute Gasteiger partial charge is 0.464 e. The molecule has 156 valence electrons. The van der Waals surface area contributed by atoms with Crippen LogP contribution in [0.5, 0.6) is 0 Å². The average molecular weight is 438 g/mol. The van der Waals surface area contributed by atoms with E-state index in [0.29, 0.717) is 13.0 Å². The number of hydrogen-bond acceptors (Lipinski definition) is 6. The van der Waals surface area contributed by atoms with Gasteiger partial charge in [0, 0.05) is 6.54 Å². The first-order valence-electron chi connectivity index (χ1n) is 9.19. The molecule has 1 aromatic carbocycles. The molecule has 0 amide bonds. The zero-order chi connectivity index (χ0) is 21.0. The Hall–Kier alpha value is -2.43. The van der Waals surface area contributed by atoms with Gasteiger partial charge in [0.05, 0.1) is 17.6 Å². The molecule has 29 heavy (non-hydrogen) atoms. The number of para-hydroxylation sites is 2. The highest BCUT2D eigenvalue weighted by molar-refractivity contribution is 7.91. The van der Waals surface area contributed by atoms with Crippen molar-refractivity contribution in [3.8, 4) is 0 Å². The molecule has 0 aliphatic rings. The van der Waals surface area contributed by atoms with E-state index in [1.807, 2.05) is 24.3 Å². The molecule has 0 spiro atoms. The molecule has 0 aliphatic carbocycles. The van der Waals surface area contributed by atoms with Crippen LogP contribution in [0.2, 0.25) is 0 Å². The van der Waals surface area contributed by atoms with Gasteiger partial charge in [-0.05, 0) is 35.9 Å². The number of nitrogens with one attached hydrogen (secondary N) is 2. The van der Waals surface area contributed by atoms with Gasteiger partial charge in [0.15, 0.2) is 0 Å². The number of rotatable bonds is 9. The summed E-state index contributed by atoms with van der Waals surface area (Å²) in [5.74, 6) is -0.917. The number of H-pyrrole nitrogens is 1. The van der Waals surface area contributed by atoms with Crippen molar-refractivity contribution in [2.45, 2.75) is 37.1 Å². The third kappa shape index (κ3) is 4.95. The van der Waals surface area contributed by atoms with Gasteiger partial charge in [0.1, 0.15) is 10.3 Å². The van der Waals surface area contributed by atoms with Crippen molar-refractivity contribution in [1.29, 1.82) is 0 Å². The maximum atomic E-state index is 12.5. The fourth-order valence-electron chi connectivity index (χ4n) is 2.91. The molecule has 2 heterocycles. The van der Waals surface area contributed by atoms with E-state index >= 15 is 0 Å². The molecule has 10 heteroatoms. The maximum Gasteiger partial charge on any atom is 0.326 e. The number of sulfonamides is 1. The van der Waals surface area contributed by atoms with E-state index in [2.05, 4.69) is 9.71 Å². The minimum absolute atomic E-state index is 0.0781. The number of esters is 1. The maximum absolute atomic E-state index is 12.5. The van der Waals surface area contributed by atoms with Gasteiger partial charge >= 0.3 is 11.7 Å². The van der Waals surface area contributed by atoms with Gasteiger partial charge in [-0.3, -0.25) is 9.36 Å². The van der Waals surface area contributed by atoms with Crippen molar-refractivity contribution in [1.82, 2.24) is 14.3 Å². The molecule has 0 fully saturated rings. The van der Waals surface area contributed by atoms with E-state index in [1.54, 1.807) is 29.9 Å². The Morgan fingerprint density at radius 3 is 2.69 bits per heavy atom. The monoisotopic (exact) mass is 437 g/mol. The zero-order valence-corrected chi connectivity index (χ0v) is 17.8. The minimum Gasteiger partial charge on any atom is -0.464 e. The van der Waals surface area contributed by atoms with Crippen molar-refractivity contribution >= 4 is 38.4 Å². The lowest BCUT2D eigenvalue weighted by atomic mass is 10.1. The number of ether oxygens (including phenoxy) is 1. The smallest absolute Gasteiger partial charge is 0.326 e. The lowest BCUT2D eigenvalue weighted by molar-refractivity contribution is -0.147. The summed E-state index contributed by atoms with van der Waals surface area (Å²) in [4.78, 5) is 27.3. The summed E-state index contributed by atoms with van der Waals surface area (Å²) >= 11 is 1.08. The van der Waals surface area contributed by atoms with E-state index in [1.165, 1.54) is 6.07 Å². The van der Waals surface area contributed by atoms with Crippen LogP contribution in [0, 0.1) is 5.92 Å². The molecule has 0 saturated carbocycles. The van der Waals surface area contributed by atoms with Crippen LogP contribution in [-0.4, -0.2) is 36.6 Å². The van der Waals surface area contributed by atoms with E-state index in [4.69, 9.17) is 4.74 Å².